The zero-order valence-corrected chi connectivity index (χ0v) is 10.7. The minimum Gasteiger partial charge on any atom is -0.507 e. The minimum absolute atomic E-state index is 0.0512. The van der Waals surface area contributed by atoms with Crippen molar-refractivity contribution in [2.45, 2.75) is 13.1 Å². The molecule has 20 heavy (non-hydrogen) atoms. The number of halogens is 3. The molecule has 0 amide bonds. The number of aliphatic hydroxyl groups is 1. The average molecular weight is 289 g/mol. The molecule has 1 aromatic rings. The van der Waals surface area contributed by atoms with E-state index < -0.39 is 12.0 Å². The molecule has 0 bridgehead atoms. The molecule has 1 aromatic carbocycles. The molecule has 110 valence electrons. The molecule has 0 atom stereocenters. The van der Waals surface area contributed by atoms with Crippen LogP contribution in [-0.4, -0.2) is 35.3 Å². The summed E-state index contributed by atoms with van der Waals surface area (Å²) in [6.07, 6.45) is -4.63. The number of rotatable bonds is 5. The van der Waals surface area contributed by atoms with Gasteiger partial charge in [-0.1, -0.05) is 11.6 Å². The Morgan fingerprint density at radius 2 is 2.05 bits per heavy atom. The molecule has 0 aliphatic carbocycles. The highest BCUT2D eigenvalue weighted by molar-refractivity contribution is 6.00. The second-order valence-corrected chi connectivity index (χ2v) is 4.09. The molecule has 0 aliphatic rings. The quantitative estimate of drug-likeness (QED) is 0.722. The maximum Gasteiger partial charge on any atom is 0.454 e. The van der Waals surface area contributed by atoms with E-state index in [-0.39, 0.29) is 30.2 Å². The Balaban J connectivity index is 3.21. The molecule has 4 nitrogen and oxygen atoms in total. The number of benzene rings is 1. The molecule has 0 saturated carbocycles. The summed E-state index contributed by atoms with van der Waals surface area (Å²) in [4.78, 5) is 11.0. The standard InChI is InChI=1S/C13H14F3NO3/c1-8-2-3-11(19)9(6-8)10(17-4-5-18)7-12(20)13(14,15)16/h2-3,6-7,17-19H,4-5H2,1H3/b10-7-. The van der Waals surface area contributed by atoms with Crippen LogP contribution in [0.3, 0.4) is 0 Å². The number of allylic oxidation sites excluding steroid dienone is 1. The summed E-state index contributed by atoms with van der Waals surface area (Å²) in [5.41, 5.74) is 0.576. The summed E-state index contributed by atoms with van der Waals surface area (Å²) in [5, 5.41) is 20.9. The number of carbonyl (C=O) groups excluding carboxylic acids is 1. The first kappa shape index (κ1) is 16.0. The van der Waals surface area contributed by atoms with Gasteiger partial charge < -0.3 is 15.5 Å². The largest absolute Gasteiger partial charge is 0.507 e. The van der Waals surface area contributed by atoms with Crippen molar-refractivity contribution in [3.8, 4) is 5.75 Å². The fourth-order valence-electron chi connectivity index (χ4n) is 1.49. The van der Waals surface area contributed by atoms with Gasteiger partial charge in [0.1, 0.15) is 5.75 Å². The van der Waals surface area contributed by atoms with Gasteiger partial charge in [0.2, 0.25) is 0 Å². The van der Waals surface area contributed by atoms with Crippen molar-refractivity contribution in [1.29, 1.82) is 0 Å². The third-order valence-corrected chi connectivity index (χ3v) is 2.42. The van der Waals surface area contributed by atoms with Gasteiger partial charge in [0.05, 0.1) is 6.61 Å². The van der Waals surface area contributed by atoms with E-state index in [0.717, 1.165) is 0 Å². The van der Waals surface area contributed by atoms with E-state index in [1.54, 1.807) is 13.0 Å². The van der Waals surface area contributed by atoms with Gasteiger partial charge in [-0.05, 0) is 19.1 Å². The van der Waals surface area contributed by atoms with Crippen LogP contribution in [0.2, 0.25) is 0 Å². The number of aryl methyl sites for hydroxylation is 1. The Hall–Kier alpha value is -2.02. The molecular formula is C13H14F3NO3. The Bertz CT molecular complexity index is 524. The van der Waals surface area contributed by atoms with Crippen molar-refractivity contribution in [3.63, 3.8) is 0 Å². The van der Waals surface area contributed by atoms with E-state index >= 15 is 0 Å². The second-order valence-electron chi connectivity index (χ2n) is 4.09. The predicted molar refractivity (Wildman–Crippen MR) is 67.0 cm³/mol. The Morgan fingerprint density at radius 3 is 2.60 bits per heavy atom. The lowest BCUT2D eigenvalue weighted by Crippen LogP contribution is -2.24. The highest BCUT2D eigenvalue weighted by Gasteiger charge is 2.37. The van der Waals surface area contributed by atoms with E-state index in [9.17, 15) is 23.1 Å². The van der Waals surface area contributed by atoms with Crippen molar-refractivity contribution in [3.05, 3.63) is 35.4 Å². The van der Waals surface area contributed by atoms with Crippen LogP contribution in [0.5, 0.6) is 5.75 Å². The summed E-state index contributed by atoms with van der Waals surface area (Å²) in [7, 11) is 0. The summed E-state index contributed by atoms with van der Waals surface area (Å²) >= 11 is 0. The number of aliphatic hydroxyl groups excluding tert-OH is 1. The monoisotopic (exact) mass is 289 g/mol. The lowest BCUT2D eigenvalue weighted by Gasteiger charge is -2.13. The van der Waals surface area contributed by atoms with Crippen molar-refractivity contribution in [2.75, 3.05) is 13.2 Å². The van der Waals surface area contributed by atoms with Gasteiger partial charge in [-0.2, -0.15) is 13.2 Å². The van der Waals surface area contributed by atoms with E-state index in [0.29, 0.717) is 11.6 Å². The zero-order chi connectivity index (χ0) is 15.3. The lowest BCUT2D eigenvalue weighted by atomic mass is 10.1. The molecule has 3 N–H and O–H groups in total. The lowest BCUT2D eigenvalue weighted by molar-refractivity contribution is -0.165. The molecule has 0 spiro atoms. The Labute approximate surface area is 113 Å². The smallest absolute Gasteiger partial charge is 0.454 e. The topological polar surface area (TPSA) is 69.6 Å². The highest BCUT2D eigenvalue weighted by Crippen LogP contribution is 2.26. The predicted octanol–water partition coefficient (Wildman–Crippen LogP) is 1.75. The van der Waals surface area contributed by atoms with Crippen LogP contribution in [-0.2, 0) is 4.79 Å². The second kappa shape index (κ2) is 6.42. The van der Waals surface area contributed by atoms with Gasteiger partial charge in [-0.15, -0.1) is 0 Å². The maximum absolute atomic E-state index is 12.3. The summed E-state index contributed by atoms with van der Waals surface area (Å²) in [6, 6.07) is 4.33. The number of ketones is 1. The summed E-state index contributed by atoms with van der Waals surface area (Å²) in [6.45, 7) is 1.31. The van der Waals surface area contributed by atoms with Crippen LogP contribution in [0.15, 0.2) is 24.3 Å². The molecule has 1 rings (SSSR count). The van der Waals surface area contributed by atoms with Crippen LogP contribution < -0.4 is 5.32 Å². The fraction of sp³-hybridized carbons (Fsp3) is 0.308. The van der Waals surface area contributed by atoms with Crippen LogP contribution in [0.4, 0.5) is 13.2 Å². The van der Waals surface area contributed by atoms with Crippen LogP contribution >= 0.6 is 0 Å². The zero-order valence-electron chi connectivity index (χ0n) is 10.7. The highest BCUT2D eigenvalue weighted by atomic mass is 19.4. The first-order chi connectivity index (χ1) is 9.25. The van der Waals surface area contributed by atoms with Gasteiger partial charge in [-0.3, -0.25) is 4.79 Å². The first-order valence-corrected chi connectivity index (χ1v) is 5.73. The third-order valence-electron chi connectivity index (χ3n) is 2.42. The van der Waals surface area contributed by atoms with Crippen molar-refractivity contribution in [1.82, 2.24) is 5.32 Å². The molecule has 0 saturated heterocycles. The van der Waals surface area contributed by atoms with Crippen LogP contribution in [0, 0.1) is 6.92 Å². The number of hydrogen-bond donors (Lipinski definition) is 3. The Kier molecular flexibility index (Phi) is 5.15. The van der Waals surface area contributed by atoms with Gasteiger partial charge in [0.25, 0.3) is 5.78 Å². The normalized spacial score (nSPS) is 12.3. The van der Waals surface area contributed by atoms with Gasteiger partial charge in [0, 0.05) is 23.9 Å². The van der Waals surface area contributed by atoms with Gasteiger partial charge in [0.15, 0.2) is 0 Å². The number of aromatic hydroxyl groups is 1. The first-order valence-electron chi connectivity index (χ1n) is 5.73. The number of hydrogen-bond acceptors (Lipinski definition) is 4. The average Bonchev–Trinajstić information content (AvgIpc) is 2.36. The van der Waals surface area contributed by atoms with E-state index in [2.05, 4.69) is 5.32 Å². The molecule has 0 aromatic heterocycles. The number of nitrogens with one attached hydrogen (secondary N) is 1. The molecule has 0 aliphatic heterocycles. The van der Waals surface area contributed by atoms with E-state index in [1.165, 1.54) is 12.1 Å². The van der Waals surface area contributed by atoms with Crippen molar-refractivity contribution >= 4 is 11.5 Å². The molecular weight excluding hydrogens is 275 g/mol. The van der Waals surface area contributed by atoms with Gasteiger partial charge in [-0.25, -0.2) is 0 Å². The van der Waals surface area contributed by atoms with E-state index in [1.807, 2.05) is 0 Å². The molecule has 0 unspecified atom stereocenters. The number of alkyl halides is 3. The van der Waals surface area contributed by atoms with Crippen LogP contribution in [0.25, 0.3) is 5.70 Å². The molecule has 0 radical (unpaired) electrons. The number of carbonyl (C=O) groups is 1. The van der Waals surface area contributed by atoms with Crippen molar-refractivity contribution < 1.29 is 28.2 Å². The molecule has 0 heterocycles. The number of phenols is 1. The molecule has 7 heteroatoms. The van der Waals surface area contributed by atoms with Crippen LogP contribution in [0.1, 0.15) is 11.1 Å². The summed E-state index contributed by atoms with van der Waals surface area (Å²) in [5.74, 6) is -2.30. The molecule has 0 fully saturated rings. The number of phenolic OH excluding ortho intramolecular Hbond substituents is 1. The van der Waals surface area contributed by atoms with Gasteiger partial charge >= 0.3 is 6.18 Å². The minimum atomic E-state index is -4.99. The third kappa shape index (κ3) is 4.27. The Morgan fingerprint density at radius 1 is 1.40 bits per heavy atom. The van der Waals surface area contributed by atoms with E-state index in [4.69, 9.17) is 5.11 Å². The fourth-order valence-corrected chi connectivity index (χ4v) is 1.49. The maximum atomic E-state index is 12.3. The summed E-state index contributed by atoms with van der Waals surface area (Å²) < 4.78 is 36.9. The van der Waals surface area contributed by atoms with Crippen molar-refractivity contribution in [2.24, 2.45) is 0 Å². The SMILES string of the molecule is Cc1ccc(O)c(/C(=C/C(=O)C(F)(F)F)NCCO)c1.